The molecule has 2 aliphatic rings. The van der Waals surface area contributed by atoms with Gasteiger partial charge in [-0.1, -0.05) is 0 Å². The number of nitrogens with zero attached hydrogens (tertiary/aromatic N) is 3. The van der Waals surface area contributed by atoms with Gasteiger partial charge >= 0.3 is 0 Å². The van der Waals surface area contributed by atoms with Crippen LogP contribution in [-0.4, -0.2) is 54.1 Å². The second-order valence-electron chi connectivity index (χ2n) is 10.2. The summed E-state index contributed by atoms with van der Waals surface area (Å²) < 4.78 is 10.9. The Bertz CT molecular complexity index is 1620. The predicted molar refractivity (Wildman–Crippen MR) is 159 cm³/mol. The van der Waals surface area contributed by atoms with Gasteiger partial charge in [-0.15, -0.1) is 11.3 Å². The van der Waals surface area contributed by atoms with Crippen LogP contribution >= 0.6 is 11.3 Å². The molecular formula is C30H32N6O4S. The number of rotatable bonds is 10. The molecule has 0 unspecified atom stereocenters. The fourth-order valence-electron chi connectivity index (χ4n) is 5.09. The number of anilines is 2. The molecule has 1 fully saturated rings. The number of thiazole rings is 1. The van der Waals surface area contributed by atoms with Crippen molar-refractivity contribution in [2.75, 3.05) is 37.9 Å². The van der Waals surface area contributed by atoms with Crippen LogP contribution < -0.4 is 25.4 Å². The third-order valence-electron chi connectivity index (χ3n) is 7.38. The molecule has 0 spiro atoms. The number of hydrogen-bond acceptors (Lipinski definition) is 9. The summed E-state index contributed by atoms with van der Waals surface area (Å²) in [6.07, 6.45) is 7.68. The van der Waals surface area contributed by atoms with E-state index in [2.05, 4.69) is 25.9 Å². The highest BCUT2D eigenvalue weighted by Gasteiger charge is 2.30. The quantitative estimate of drug-likeness (QED) is 0.231. The lowest BCUT2D eigenvalue weighted by molar-refractivity contribution is -0.117. The summed E-state index contributed by atoms with van der Waals surface area (Å²) in [7, 11) is 3.16. The highest BCUT2D eigenvalue weighted by Crippen LogP contribution is 2.36. The van der Waals surface area contributed by atoms with Crippen molar-refractivity contribution < 1.29 is 19.1 Å². The fourth-order valence-corrected chi connectivity index (χ4v) is 6.04. The molecule has 11 heteroatoms. The summed E-state index contributed by atoms with van der Waals surface area (Å²) in [6.45, 7) is 0.946. The molecule has 1 saturated carbocycles. The Morgan fingerprint density at radius 3 is 2.68 bits per heavy atom. The third kappa shape index (κ3) is 5.81. The Hall–Kier alpha value is -4.25. The number of ether oxygens (including phenoxy) is 2. The van der Waals surface area contributed by atoms with Crippen LogP contribution in [0.1, 0.15) is 46.6 Å². The molecule has 0 bridgehead atoms. The molecule has 0 aliphatic heterocycles. The number of methoxy groups -OCH3 is 2. The predicted octanol–water partition coefficient (Wildman–Crippen LogP) is 4.84. The molecule has 2 amide bonds. The summed E-state index contributed by atoms with van der Waals surface area (Å²) in [5.41, 5.74) is 5.15. The first-order valence-electron chi connectivity index (χ1n) is 13.9. The number of fused-ring (bicyclic) bond motifs is 2. The second-order valence-corrected chi connectivity index (χ2v) is 11.2. The van der Waals surface area contributed by atoms with Crippen LogP contribution in [0.5, 0.6) is 11.6 Å². The highest BCUT2D eigenvalue weighted by atomic mass is 32.1. The van der Waals surface area contributed by atoms with E-state index in [1.165, 1.54) is 24.0 Å². The first kappa shape index (κ1) is 26.9. The normalized spacial score (nSPS) is 14.3. The van der Waals surface area contributed by atoms with Gasteiger partial charge in [0.2, 0.25) is 11.8 Å². The topological polar surface area (TPSA) is 127 Å². The van der Waals surface area contributed by atoms with E-state index in [0.717, 1.165) is 72.1 Å². The Morgan fingerprint density at radius 2 is 1.88 bits per heavy atom. The molecule has 3 aromatic heterocycles. The number of amides is 2. The average Bonchev–Trinajstić information content (AvgIpc) is 3.77. The zero-order valence-electron chi connectivity index (χ0n) is 23.1. The van der Waals surface area contributed by atoms with E-state index in [1.54, 1.807) is 25.4 Å². The molecule has 6 rings (SSSR count). The fraction of sp³-hybridized carbons (Fsp3) is 0.367. The van der Waals surface area contributed by atoms with Gasteiger partial charge in [-0.25, -0.2) is 9.97 Å². The zero-order chi connectivity index (χ0) is 28.3. The van der Waals surface area contributed by atoms with Crippen molar-refractivity contribution in [2.24, 2.45) is 5.92 Å². The summed E-state index contributed by atoms with van der Waals surface area (Å²) in [6, 6.07) is 9.51. The number of benzene rings is 1. The lowest BCUT2D eigenvalue weighted by atomic mass is 9.92. The zero-order valence-corrected chi connectivity index (χ0v) is 23.9. The molecular weight excluding hydrogens is 540 g/mol. The van der Waals surface area contributed by atoms with E-state index < -0.39 is 0 Å². The van der Waals surface area contributed by atoms with E-state index in [0.29, 0.717) is 28.8 Å². The molecule has 2 aliphatic carbocycles. The Balaban J connectivity index is 1.14. The van der Waals surface area contributed by atoms with Crippen molar-refractivity contribution in [1.82, 2.24) is 20.3 Å². The van der Waals surface area contributed by atoms with E-state index in [1.807, 2.05) is 18.2 Å². The molecule has 1 aromatic carbocycles. The summed E-state index contributed by atoms with van der Waals surface area (Å²) in [4.78, 5) is 39.4. The van der Waals surface area contributed by atoms with Crippen molar-refractivity contribution in [3.8, 4) is 22.2 Å². The Kier molecular flexibility index (Phi) is 7.69. The van der Waals surface area contributed by atoms with Gasteiger partial charge < -0.3 is 25.4 Å². The molecule has 4 aromatic rings. The standard InChI is InChI=1S/C30H32N6O4S/c1-39-19-9-10-23-21(16-19)25(20-5-3-4-6-22(20)34-23)32-13-14-33-28(38)26-29(40-2)36-30(41-26)18-11-12-31-24(15-18)35-27(37)17-7-8-17/h9-12,15-17H,3-8,13-14H2,1-2H3,(H,32,34)(H,33,38)(H,31,35,37). The number of carbonyl (C=O) groups is 2. The SMILES string of the molecule is COc1ccc2nc3c(c(NCCNC(=O)c4sc(-c5ccnc(NC(=O)C6CC6)c5)nc4OC)c2c1)CCCC3. The van der Waals surface area contributed by atoms with Gasteiger partial charge in [0.1, 0.15) is 16.6 Å². The largest absolute Gasteiger partial charge is 0.497 e. The van der Waals surface area contributed by atoms with Gasteiger partial charge in [-0.05, 0) is 74.4 Å². The van der Waals surface area contributed by atoms with Crippen molar-refractivity contribution >= 4 is 45.6 Å². The molecule has 0 atom stereocenters. The minimum atomic E-state index is -0.257. The Morgan fingerprint density at radius 1 is 1.02 bits per heavy atom. The van der Waals surface area contributed by atoms with Crippen LogP contribution in [-0.2, 0) is 17.6 Å². The number of pyridine rings is 2. The van der Waals surface area contributed by atoms with E-state index >= 15 is 0 Å². The van der Waals surface area contributed by atoms with Gasteiger partial charge in [-0.2, -0.15) is 0 Å². The van der Waals surface area contributed by atoms with Crippen molar-refractivity contribution in [1.29, 1.82) is 0 Å². The second kappa shape index (κ2) is 11.7. The number of aryl methyl sites for hydroxylation is 1. The first-order valence-corrected chi connectivity index (χ1v) is 14.7. The lowest BCUT2D eigenvalue weighted by Crippen LogP contribution is -2.29. The molecule has 0 radical (unpaired) electrons. The molecule has 41 heavy (non-hydrogen) atoms. The number of aromatic nitrogens is 3. The molecule has 212 valence electrons. The maximum Gasteiger partial charge on any atom is 0.267 e. The number of carbonyl (C=O) groups excluding carboxylic acids is 2. The average molecular weight is 573 g/mol. The smallest absolute Gasteiger partial charge is 0.267 e. The third-order valence-corrected chi connectivity index (χ3v) is 8.47. The summed E-state index contributed by atoms with van der Waals surface area (Å²) in [5, 5.41) is 11.1. The van der Waals surface area contributed by atoms with Crippen LogP contribution in [0.2, 0.25) is 0 Å². The molecule has 3 N–H and O–H groups in total. The number of nitrogens with one attached hydrogen (secondary N) is 3. The monoisotopic (exact) mass is 572 g/mol. The first-order chi connectivity index (χ1) is 20.0. The van der Waals surface area contributed by atoms with Gasteiger partial charge in [0.05, 0.1) is 19.7 Å². The van der Waals surface area contributed by atoms with E-state index in [4.69, 9.17) is 14.5 Å². The summed E-state index contributed by atoms with van der Waals surface area (Å²) >= 11 is 1.24. The minimum absolute atomic E-state index is 0.0144. The Labute approximate surface area is 241 Å². The van der Waals surface area contributed by atoms with Crippen LogP contribution in [0, 0.1) is 5.92 Å². The molecule has 10 nitrogen and oxygen atoms in total. The van der Waals surface area contributed by atoms with Crippen molar-refractivity contribution in [3.05, 3.63) is 52.7 Å². The van der Waals surface area contributed by atoms with Crippen LogP contribution in [0.15, 0.2) is 36.5 Å². The van der Waals surface area contributed by atoms with Gasteiger partial charge in [-0.3, -0.25) is 14.6 Å². The summed E-state index contributed by atoms with van der Waals surface area (Å²) in [5.74, 6) is 1.32. The maximum atomic E-state index is 13.2. The van der Waals surface area contributed by atoms with Crippen molar-refractivity contribution in [3.63, 3.8) is 0 Å². The maximum absolute atomic E-state index is 13.2. The van der Waals surface area contributed by atoms with Crippen LogP contribution in [0.3, 0.4) is 0 Å². The van der Waals surface area contributed by atoms with E-state index in [-0.39, 0.29) is 23.6 Å². The van der Waals surface area contributed by atoms with E-state index in [9.17, 15) is 9.59 Å². The number of hydrogen-bond donors (Lipinski definition) is 3. The molecule has 3 heterocycles. The highest BCUT2D eigenvalue weighted by molar-refractivity contribution is 7.17. The van der Waals surface area contributed by atoms with Crippen molar-refractivity contribution in [2.45, 2.75) is 38.5 Å². The molecule has 0 saturated heterocycles. The van der Waals surface area contributed by atoms with Crippen LogP contribution in [0.4, 0.5) is 11.5 Å². The van der Waals surface area contributed by atoms with Gasteiger partial charge in [0.15, 0.2) is 4.88 Å². The van der Waals surface area contributed by atoms with Gasteiger partial charge in [0.25, 0.3) is 5.91 Å². The lowest BCUT2D eigenvalue weighted by Gasteiger charge is -2.22. The van der Waals surface area contributed by atoms with Gasteiger partial charge in [0, 0.05) is 47.5 Å². The van der Waals surface area contributed by atoms with Crippen LogP contribution in [0.25, 0.3) is 21.5 Å². The minimum Gasteiger partial charge on any atom is -0.497 e.